The maximum atomic E-state index is 11.1. The second kappa shape index (κ2) is 9.18. The van der Waals surface area contributed by atoms with Crippen LogP contribution in [0.4, 0.5) is 0 Å². The zero-order valence-electron chi connectivity index (χ0n) is 18.1. The fourth-order valence-corrected chi connectivity index (χ4v) is 4.79. The number of ether oxygens (including phenoxy) is 1. The molecule has 1 saturated heterocycles. The summed E-state index contributed by atoms with van der Waals surface area (Å²) in [5.74, 6) is 1.84. The maximum absolute atomic E-state index is 11.1. The topological polar surface area (TPSA) is 58.5 Å². The van der Waals surface area contributed by atoms with Gasteiger partial charge in [0.1, 0.15) is 18.2 Å². The van der Waals surface area contributed by atoms with Gasteiger partial charge in [0.15, 0.2) is 0 Å². The number of hydrogen-bond donors (Lipinski definition) is 1. The Bertz CT molecular complexity index is 1080. The summed E-state index contributed by atoms with van der Waals surface area (Å²) in [6, 6.07) is 15.8. The lowest BCUT2D eigenvalue weighted by Gasteiger charge is -2.38. The lowest BCUT2D eigenvalue weighted by atomic mass is 9.84. The molecule has 2 aromatic carbocycles. The number of aliphatic hydroxyl groups is 1. The molecule has 0 atom stereocenters. The van der Waals surface area contributed by atoms with Crippen molar-refractivity contribution in [2.24, 2.45) is 0 Å². The van der Waals surface area contributed by atoms with Crippen molar-refractivity contribution in [3.8, 4) is 5.75 Å². The molecule has 0 unspecified atom stereocenters. The van der Waals surface area contributed by atoms with Gasteiger partial charge in [-0.2, -0.15) is 0 Å². The number of rotatable bonds is 5. The molecule has 32 heavy (non-hydrogen) atoms. The summed E-state index contributed by atoms with van der Waals surface area (Å²) in [6.07, 6.45) is 6.05. The third-order valence-corrected chi connectivity index (χ3v) is 6.91. The fraction of sp³-hybridized carbons (Fsp3) is 0.385. The van der Waals surface area contributed by atoms with E-state index in [0.717, 1.165) is 80.1 Å². The van der Waals surface area contributed by atoms with Crippen LogP contribution in [0.5, 0.6) is 5.75 Å². The first-order chi connectivity index (χ1) is 15.6. The SMILES string of the molecule is OC1(c2ccc(Cl)cc2)CCN(CCCc2ncc3c(n2)Cc2ccccc2OC3)CC1. The van der Waals surface area contributed by atoms with E-state index in [1.165, 1.54) is 5.56 Å². The number of likely N-dealkylation sites (tertiary alicyclic amines) is 1. The highest BCUT2D eigenvalue weighted by molar-refractivity contribution is 6.30. The van der Waals surface area contributed by atoms with Crippen LogP contribution in [0.1, 0.15) is 47.5 Å². The van der Waals surface area contributed by atoms with Crippen molar-refractivity contribution >= 4 is 11.6 Å². The van der Waals surface area contributed by atoms with Crippen LogP contribution < -0.4 is 4.74 Å². The van der Waals surface area contributed by atoms with E-state index in [-0.39, 0.29) is 0 Å². The van der Waals surface area contributed by atoms with Crippen molar-refractivity contribution in [2.75, 3.05) is 19.6 Å². The predicted molar refractivity (Wildman–Crippen MR) is 125 cm³/mol. The minimum Gasteiger partial charge on any atom is -0.488 e. The molecular formula is C26H28ClN3O2. The number of piperidine rings is 1. The summed E-state index contributed by atoms with van der Waals surface area (Å²) >= 11 is 5.99. The van der Waals surface area contributed by atoms with Crippen molar-refractivity contribution in [1.82, 2.24) is 14.9 Å². The van der Waals surface area contributed by atoms with E-state index in [1.807, 2.05) is 48.7 Å². The normalized spacial score (nSPS) is 17.7. The third-order valence-electron chi connectivity index (χ3n) is 6.66. The van der Waals surface area contributed by atoms with Crippen LogP contribution in [0.3, 0.4) is 0 Å². The van der Waals surface area contributed by atoms with Crippen molar-refractivity contribution in [2.45, 2.75) is 44.3 Å². The van der Waals surface area contributed by atoms with Gasteiger partial charge in [-0.05, 0) is 49.6 Å². The number of fused-ring (bicyclic) bond motifs is 2. The Morgan fingerprint density at radius 1 is 1.03 bits per heavy atom. The molecule has 3 heterocycles. The van der Waals surface area contributed by atoms with Crippen LogP contribution in [-0.2, 0) is 25.0 Å². The van der Waals surface area contributed by atoms with Gasteiger partial charge >= 0.3 is 0 Å². The van der Waals surface area contributed by atoms with Gasteiger partial charge < -0.3 is 14.7 Å². The van der Waals surface area contributed by atoms with E-state index in [9.17, 15) is 5.11 Å². The van der Waals surface area contributed by atoms with Crippen LogP contribution in [0, 0.1) is 0 Å². The van der Waals surface area contributed by atoms with Crippen molar-refractivity contribution in [1.29, 1.82) is 0 Å². The van der Waals surface area contributed by atoms with E-state index in [1.54, 1.807) is 0 Å². The molecule has 0 radical (unpaired) electrons. The first-order valence-electron chi connectivity index (χ1n) is 11.3. The Morgan fingerprint density at radius 2 is 1.81 bits per heavy atom. The molecule has 0 amide bonds. The highest BCUT2D eigenvalue weighted by Crippen LogP contribution is 2.33. The maximum Gasteiger partial charge on any atom is 0.128 e. The molecule has 1 fully saturated rings. The standard InChI is InChI=1S/C26H28ClN3O2/c27-22-9-7-21(8-10-22)26(31)11-14-30(15-12-26)13-3-6-25-28-17-20-18-32-24-5-2-1-4-19(24)16-23(20)29-25/h1-2,4-5,7-10,17,31H,3,6,11-16,18H2. The van der Waals surface area contributed by atoms with E-state index in [2.05, 4.69) is 16.0 Å². The zero-order chi connectivity index (χ0) is 22.0. The summed E-state index contributed by atoms with van der Waals surface area (Å²) in [6.45, 7) is 3.29. The van der Waals surface area contributed by atoms with Crippen molar-refractivity contribution < 1.29 is 9.84 Å². The number of para-hydroxylation sites is 1. The van der Waals surface area contributed by atoms with Gasteiger partial charge in [-0.25, -0.2) is 9.97 Å². The van der Waals surface area contributed by atoms with E-state index < -0.39 is 5.60 Å². The number of hydrogen-bond acceptors (Lipinski definition) is 5. The number of aryl methyl sites for hydroxylation is 1. The Labute approximate surface area is 194 Å². The van der Waals surface area contributed by atoms with Gasteiger partial charge in [0.2, 0.25) is 0 Å². The van der Waals surface area contributed by atoms with E-state index in [4.69, 9.17) is 21.3 Å². The number of nitrogens with zero attached hydrogens (tertiary/aromatic N) is 3. The highest BCUT2D eigenvalue weighted by Gasteiger charge is 2.33. The molecule has 2 aliphatic heterocycles. The van der Waals surface area contributed by atoms with Crippen LogP contribution in [0.2, 0.25) is 5.02 Å². The molecule has 0 spiro atoms. The van der Waals surface area contributed by atoms with Crippen LogP contribution >= 0.6 is 11.6 Å². The van der Waals surface area contributed by atoms with Gasteiger partial charge in [-0.15, -0.1) is 0 Å². The lowest BCUT2D eigenvalue weighted by Crippen LogP contribution is -2.42. The Morgan fingerprint density at radius 3 is 2.62 bits per heavy atom. The second-order valence-corrected chi connectivity index (χ2v) is 9.25. The highest BCUT2D eigenvalue weighted by atomic mass is 35.5. The van der Waals surface area contributed by atoms with Gasteiger partial charge in [-0.3, -0.25) is 0 Å². The van der Waals surface area contributed by atoms with Crippen LogP contribution in [0.15, 0.2) is 54.7 Å². The van der Waals surface area contributed by atoms with Gasteiger partial charge in [0, 0.05) is 48.3 Å². The smallest absolute Gasteiger partial charge is 0.128 e. The molecule has 2 aliphatic rings. The molecule has 0 aliphatic carbocycles. The summed E-state index contributed by atoms with van der Waals surface area (Å²) in [5, 5.41) is 11.8. The third kappa shape index (κ3) is 4.65. The van der Waals surface area contributed by atoms with Crippen LogP contribution in [-0.4, -0.2) is 39.6 Å². The summed E-state index contributed by atoms with van der Waals surface area (Å²) in [4.78, 5) is 11.9. The number of benzene rings is 2. The molecule has 5 rings (SSSR count). The Hall–Kier alpha value is -2.47. The number of aromatic nitrogens is 2. The predicted octanol–water partition coefficient (Wildman–Crippen LogP) is 4.53. The quantitative estimate of drug-likeness (QED) is 0.620. The minimum atomic E-state index is -0.750. The molecule has 1 aromatic heterocycles. The molecular weight excluding hydrogens is 422 g/mol. The molecule has 1 N–H and O–H groups in total. The molecule has 5 nitrogen and oxygen atoms in total. The monoisotopic (exact) mass is 449 g/mol. The lowest BCUT2D eigenvalue weighted by molar-refractivity contribution is -0.0260. The number of halogens is 1. The van der Waals surface area contributed by atoms with Crippen LogP contribution in [0.25, 0.3) is 0 Å². The molecule has 166 valence electrons. The van der Waals surface area contributed by atoms with Crippen molar-refractivity contribution in [3.63, 3.8) is 0 Å². The zero-order valence-corrected chi connectivity index (χ0v) is 18.9. The Balaban J connectivity index is 1.14. The fourth-order valence-electron chi connectivity index (χ4n) is 4.66. The molecule has 0 bridgehead atoms. The summed E-state index contributed by atoms with van der Waals surface area (Å²) < 4.78 is 5.92. The first kappa shape index (κ1) is 21.4. The molecule has 3 aromatic rings. The average molecular weight is 450 g/mol. The van der Waals surface area contributed by atoms with E-state index in [0.29, 0.717) is 11.6 Å². The Kier molecular flexibility index (Phi) is 6.13. The molecule has 0 saturated carbocycles. The van der Waals surface area contributed by atoms with Gasteiger partial charge in [0.05, 0.1) is 11.3 Å². The summed E-state index contributed by atoms with van der Waals surface area (Å²) in [5.41, 5.74) is 3.54. The molecule has 6 heteroatoms. The van der Waals surface area contributed by atoms with Crippen molar-refractivity contribution in [3.05, 3.63) is 88.0 Å². The second-order valence-electron chi connectivity index (χ2n) is 8.82. The minimum absolute atomic E-state index is 0.525. The van der Waals surface area contributed by atoms with Gasteiger partial charge in [-0.1, -0.05) is 41.9 Å². The summed E-state index contributed by atoms with van der Waals surface area (Å²) in [7, 11) is 0. The first-order valence-corrected chi connectivity index (χ1v) is 11.7. The largest absolute Gasteiger partial charge is 0.488 e. The average Bonchev–Trinajstić information content (AvgIpc) is 3.00. The van der Waals surface area contributed by atoms with Gasteiger partial charge in [0.25, 0.3) is 0 Å². The van der Waals surface area contributed by atoms with E-state index >= 15 is 0 Å².